The maximum atomic E-state index is 5.89. The Morgan fingerprint density at radius 1 is 1.35 bits per heavy atom. The van der Waals surface area contributed by atoms with Gasteiger partial charge in [0, 0.05) is 23.9 Å². The first-order chi connectivity index (χ1) is 9.72. The Morgan fingerprint density at radius 3 is 2.85 bits per heavy atom. The van der Waals surface area contributed by atoms with Crippen LogP contribution in [0.4, 0.5) is 5.82 Å². The van der Waals surface area contributed by atoms with Crippen LogP contribution < -0.4 is 5.73 Å². The van der Waals surface area contributed by atoms with Gasteiger partial charge in [-0.25, -0.2) is 4.98 Å². The molecule has 1 aliphatic heterocycles. The van der Waals surface area contributed by atoms with E-state index in [2.05, 4.69) is 47.1 Å². The van der Waals surface area contributed by atoms with Crippen molar-refractivity contribution in [2.75, 3.05) is 18.8 Å². The number of hydrogen-bond acceptors (Lipinski definition) is 4. The van der Waals surface area contributed by atoms with Gasteiger partial charge in [0.1, 0.15) is 5.82 Å². The van der Waals surface area contributed by atoms with Crippen LogP contribution in [0.1, 0.15) is 34.2 Å². The number of aromatic nitrogens is 1. The molecule has 0 amide bonds. The molecule has 0 bridgehead atoms. The number of nitrogens with two attached hydrogens (primary N) is 1. The summed E-state index contributed by atoms with van der Waals surface area (Å²) in [6.45, 7) is 5.38. The van der Waals surface area contributed by atoms with Crippen molar-refractivity contribution in [1.82, 2.24) is 9.88 Å². The number of rotatable bonds is 3. The van der Waals surface area contributed by atoms with Crippen molar-refractivity contribution in [2.45, 2.75) is 32.2 Å². The molecule has 106 valence electrons. The number of anilines is 1. The molecule has 1 aromatic carbocycles. The van der Waals surface area contributed by atoms with Gasteiger partial charge >= 0.3 is 0 Å². The van der Waals surface area contributed by atoms with Gasteiger partial charge in [0.05, 0.1) is 5.01 Å². The lowest BCUT2D eigenvalue weighted by atomic mass is 9.98. The van der Waals surface area contributed by atoms with Crippen LogP contribution in [-0.2, 0) is 6.54 Å². The quantitative estimate of drug-likeness (QED) is 0.940. The third-order valence-electron chi connectivity index (χ3n) is 3.95. The average molecular weight is 287 g/mol. The van der Waals surface area contributed by atoms with Crippen molar-refractivity contribution in [2.24, 2.45) is 0 Å². The highest BCUT2D eigenvalue weighted by Crippen LogP contribution is 2.32. The minimum absolute atomic E-state index is 0.550. The van der Waals surface area contributed by atoms with Gasteiger partial charge in [0.25, 0.3) is 0 Å². The number of piperidine rings is 1. The predicted molar refractivity (Wildman–Crippen MR) is 85.0 cm³/mol. The minimum Gasteiger partial charge on any atom is -0.383 e. The normalized spacial score (nSPS) is 20.1. The third-order valence-corrected chi connectivity index (χ3v) is 5.10. The van der Waals surface area contributed by atoms with Gasteiger partial charge in [0.2, 0.25) is 0 Å². The lowest BCUT2D eigenvalue weighted by molar-refractivity contribution is 0.200. The van der Waals surface area contributed by atoms with E-state index in [1.165, 1.54) is 30.0 Å². The van der Waals surface area contributed by atoms with E-state index in [0.29, 0.717) is 11.7 Å². The van der Waals surface area contributed by atoms with E-state index in [9.17, 15) is 0 Å². The van der Waals surface area contributed by atoms with Crippen molar-refractivity contribution >= 4 is 17.2 Å². The fraction of sp³-hybridized carbons (Fsp3) is 0.438. The molecule has 2 heterocycles. The zero-order valence-electron chi connectivity index (χ0n) is 11.9. The van der Waals surface area contributed by atoms with E-state index in [-0.39, 0.29) is 0 Å². The summed E-state index contributed by atoms with van der Waals surface area (Å²) < 4.78 is 0. The van der Waals surface area contributed by atoms with E-state index in [1.807, 2.05) is 0 Å². The molecular weight excluding hydrogens is 266 g/mol. The van der Waals surface area contributed by atoms with Crippen LogP contribution in [0.5, 0.6) is 0 Å². The van der Waals surface area contributed by atoms with E-state index in [0.717, 1.165) is 18.0 Å². The van der Waals surface area contributed by atoms with Gasteiger partial charge in [-0.3, -0.25) is 4.90 Å². The van der Waals surface area contributed by atoms with E-state index >= 15 is 0 Å². The van der Waals surface area contributed by atoms with Crippen molar-refractivity contribution in [3.63, 3.8) is 0 Å². The second kappa shape index (κ2) is 5.94. The van der Waals surface area contributed by atoms with Crippen molar-refractivity contribution < 1.29 is 0 Å². The van der Waals surface area contributed by atoms with Gasteiger partial charge in [-0.2, -0.15) is 0 Å². The molecule has 20 heavy (non-hydrogen) atoms. The SMILES string of the molecule is Cc1sc(C2CCCN(Cc3ccccc3)C2)nc1N. The Bertz CT molecular complexity index is 545. The molecule has 1 fully saturated rings. The number of thiazole rings is 1. The molecule has 1 atom stereocenters. The molecule has 1 aromatic heterocycles. The van der Waals surface area contributed by atoms with Crippen LogP contribution in [0.2, 0.25) is 0 Å². The second-order valence-electron chi connectivity index (χ2n) is 5.55. The van der Waals surface area contributed by atoms with Gasteiger partial charge in [-0.15, -0.1) is 11.3 Å². The topological polar surface area (TPSA) is 42.2 Å². The number of nitrogens with zero attached hydrogens (tertiary/aromatic N) is 2. The Kier molecular flexibility index (Phi) is 4.03. The average Bonchev–Trinajstić information content (AvgIpc) is 2.80. The number of likely N-dealkylation sites (tertiary alicyclic amines) is 1. The second-order valence-corrected chi connectivity index (χ2v) is 6.79. The molecular formula is C16H21N3S. The van der Waals surface area contributed by atoms with Gasteiger partial charge < -0.3 is 5.73 Å². The third kappa shape index (κ3) is 3.02. The zero-order valence-corrected chi connectivity index (χ0v) is 12.7. The van der Waals surface area contributed by atoms with Gasteiger partial charge in [0.15, 0.2) is 0 Å². The number of aryl methyl sites for hydroxylation is 1. The first-order valence-corrected chi connectivity index (χ1v) is 8.03. The molecule has 0 spiro atoms. The summed E-state index contributed by atoms with van der Waals surface area (Å²) in [7, 11) is 0. The van der Waals surface area contributed by atoms with Crippen LogP contribution in [0.3, 0.4) is 0 Å². The Balaban J connectivity index is 1.67. The summed E-state index contributed by atoms with van der Waals surface area (Å²) in [6.07, 6.45) is 2.48. The number of benzene rings is 1. The summed E-state index contributed by atoms with van der Waals surface area (Å²) >= 11 is 1.77. The largest absolute Gasteiger partial charge is 0.383 e. The summed E-state index contributed by atoms with van der Waals surface area (Å²) in [5, 5.41) is 1.22. The molecule has 1 unspecified atom stereocenters. The first kappa shape index (κ1) is 13.6. The predicted octanol–water partition coefficient (Wildman–Crippen LogP) is 3.41. The summed E-state index contributed by atoms with van der Waals surface area (Å²) in [5.74, 6) is 1.26. The molecule has 1 aliphatic rings. The summed E-state index contributed by atoms with van der Waals surface area (Å²) in [5.41, 5.74) is 7.28. The van der Waals surface area contributed by atoms with Crippen LogP contribution >= 0.6 is 11.3 Å². The smallest absolute Gasteiger partial charge is 0.137 e. The highest BCUT2D eigenvalue weighted by molar-refractivity contribution is 7.12. The van der Waals surface area contributed by atoms with Crippen molar-refractivity contribution in [3.8, 4) is 0 Å². The van der Waals surface area contributed by atoms with Crippen LogP contribution in [-0.4, -0.2) is 23.0 Å². The molecule has 0 aliphatic carbocycles. The van der Waals surface area contributed by atoms with Crippen molar-refractivity contribution in [1.29, 1.82) is 0 Å². The highest BCUT2D eigenvalue weighted by atomic mass is 32.1. The molecule has 4 heteroatoms. The van der Waals surface area contributed by atoms with Gasteiger partial charge in [-0.05, 0) is 31.9 Å². The molecule has 3 rings (SSSR count). The number of nitrogen functional groups attached to an aromatic ring is 1. The zero-order chi connectivity index (χ0) is 13.9. The highest BCUT2D eigenvalue weighted by Gasteiger charge is 2.24. The Hall–Kier alpha value is -1.39. The molecule has 2 aromatic rings. The minimum atomic E-state index is 0.550. The van der Waals surface area contributed by atoms with E-state index in [1.54, 1.807) is 11.3 Å². The fourth-order valence-corrected chi connectivity index (χ4v) is 3.81. The Labute approximate surface area is 124 Å². The van der Waals surface area contributed by atoms with Crippen molar-refractivity contribution in [3.05, 3.63) is 45.8 Å². The molecule has 0 saturated carbocycles. The first-order valence-electron chi connectivity index (χ1n) is 7.21. The molecule has 0 radical (unpaired) electrons. The van der Waals surface area contributed by atoms with E-state index < -0.39 is 0 Å². The monoisotopic (exact) mass is 287 g/mol. The maximum absolute atomic E-state index is 5.89. The summed E-state index contributed by atoms with van der Waals surface area (Å²) in [6, 6.07) is 10.7. The molecule has 1 saturated heterocycles. The lowest BCUT2D eigenvalue weighted by Gasteiger charge is -2.31. The molecule has 3 nitrogen and oxygen atoms in total. The van der Waals surface area contributed by atoms with Crippen LogP contribution in [0.15, 0.2) is 30.3 Å². The fourth-order valence-electron chi connectivity index (χ4n) is 2.85. The van der Waals surface area contributed by atoms with Gasteiger partial charge in [-0.1, -0.05) is 30.3 Å². The molecule has 2 N–H and O–H groups in total. The summed E-state index contributed by atoms with van der Waals surface area (Å²) in [4.78, 5) is 8.24. The van der Waals surface area contributed by atoms with Crippen LogP contribution in [0, 0.1) is 6.92 Å². The maximum Gasteiger partial charge on any atom is 0.137 e. The van der Waals surface area contributed by atoms with Crippen LogP contribution in [0.25, 0.3) is 0 Å². The van der Waals surface area contributed by atoms with E-state index in [4.69, 9.17) is 5.73 Å². The Morgan fingerprint density at radius 2 is 2.15 bits per heavy atom. The lowest BCUT2D eigenvalue weighted by Crippen LogP contribution is -2.33. The standard InChI is InChI=1S/C16H21N3S/c1-12-15(17)18-16(20-12)14-8-5-9-19(11-14)10-13-6-3-2-4-7-13/h2-4,6-7,14H,5,8-11,17H2,1H3. The number of hydrogen-bond donors (Lipinski definition) is 1.